The van der Waals surface area contributed by atoms with Gasteiger partial charge in [-0.1, -0.05) is 0 Å². The number of hydrogen-bond acceptors (Lipinski definition) is 3. The third-order valence-electron chi connectivity index (χ3n) is 2.86. The van der Waals surface area contributed by atoms with Gasteiger partial charge < -0.3 is 4.74 Å². The smallest absolute Gasteiger partial charge is 0.411 e. The van der Waals surface area contributed by atoms with Crippen LogP contribution in [0.25, 0.3) is 0 Å². The van der Waals surface area contributed by atoms with Crippen molar-refractivity contribution in [2.75, 3.05) is 0 Å². The molecule has 0 bridgehead atoms. The molecule has 1 saturated heterocycles. The molecule has 4 heteroatoms. The minimum absolute atomic E-state index is 0.268. The van der Waals surface area contributed by atoms with Crippen molar-refractivity contribution in [2.24, 2.45) is 5.92 Å². The summed E-state index contributed by atoms with van der Waals surface area (Å²) in [5.41, 5.74) is -0.482. The largest absolute Gasteiger partial charge is 0.444 e. The van der Waals surface area contributed by atoms with E-state index in [2.05, 4.69) is 6.07 Å². The number of rotatable bonds is 0. The summed E-state index contributed by atoms with van der Waals surface area (Å²) in [7, 11) is 0. The lowest BCUT2D eigenvalue weighted by Gasteiger charge is -2.27. The normalized spacial score (nSPS) is 33.2. The molecule has 2 aliphatic rings. The third kappa shape index (κ3) is 1.92. The zero-order valence-corrected chi connectivity index (χ0v) is 9.36. The molecule has 0 aromatic heterocycles. The molecule has 1 heterocycles. The van der Waals surface area contributed by atoms with Crippen LogP contribution in [0.3, 0.4) is 0 Å². The molecule has 3 atom stereocenters. The van der Waals surface area contributed by atoms with E-state index in [-0.39, 0.29) is 18.2 Å². The van der Waals surface area contributed by atoms with Crippen LogP contribution in [0.2, 0.25) is 0 Å². The maximum absolute atomic E-state index is 11.8. The predicted octanol–water partition coefficient (Wildman–Crippen LogP) is 1.91. The van der Waals surface area contributed by atoms with Gasteiger partial charge in [0.05, 0.1) is 6.07 Å². The Morgan fingerprint density at radius 1 is 1.47 bits per heavy atom. The monoisotopic (exact) mass is 208 g/mol. The Morgan fingerprint density at radius 2 is 2.13 bits per heavy atom. The van der Waals surface area contributed by atoms with E-state index in [4.69, 9.17) is 10.00 Å². The predicted molar refractivity (Wildman–Crippen MR) is 54.0 cm³/mol. The van der Waals surface area contributed by atoms with Crippen LogP contribution in [0.15, 0.2) is 0 Å². The number of amides is 1. The lowest BCUT2D eigenvalue weighted by Crippen LogP contribution is -2.41. The highest BCUT2D eigenvalue weighted by Crippen LogP contribution is 2.48. The van der Waals surface area contributed by atoms with Gasteiger partial charge in [0.1, 0.15) is 11.6 Å². The van der Waals surface area contributed by atoms with Crippen LogP contribution in [0.4, 0.5) is 4.79 Å². The Morgan fingerprint density at radius 3 is 2.67 bits per heavy atom. The first kappa shape index (κ1) is 10.3. The highest BCUT2D eigenvalue weighted by Gasteiger charge is 2.55. The second-order valence-electron chi connectivity index (χ2n) is 5.33. The first-order valence-electron chi connectivity index (χ1n) is 5.33. The second-order valence-corrected chi connectivity index (χ2v) is 5.33. The summed E-state index contributed by atoms with van der Waals surface area (Å²) in [4.78, 5) is 13.4. The van der Waals surface area contributed by atoms with Crippen LogP contribution in [-0.4, -0.2) is 28.7 Å². The van der Waals surface area contributed by atoms with Gasteiger partial charge in [-0.2, -0.15) is 5.26 Å². The minimum atomic E-state index is -0.482. The van der Waals surface area contributed by atoms with Crippen molar-refractivity contribution in [2.45, 2.75) is 51.3 Å². The van der Waals surface area contributed by atoms with Gasteiger partial charge >= 0.3 is 6.09 Å². The van der Waals surface area contributed by atoms with Gasteiger partial charge in [0.15, 0.2) is 0 Å². The Balaban J connectivity index is 2.04. The van der Waals surface area contributed by atoms with Gasteiger partial charge in [0.25, 0.3) is 0 Å². The van der Waals surface area contributed by atoms with Crippen molar-refractivity contribution in [3.05, 3.63) is 0 Å². The molecule has 0 radical (unpaired) electrons. The molecule has 1 saturated carbocycles. The average molecular weight is 208 g/mol. The highest BCUT2D eigenvalue weighted by molar-refractivity contribution is 5.70. The van der Waals surface area contributed by atoms with E-state index in [1.807, 2.05) is 20.8 Å². The van der Waals surface area contributed by atoms with Gasteiger partial charge in [-0.3, -0.25) is 4.90 Å². The fourth-order valence-corrected chi connectivity index (χ4v) is 2.15. The van der Waals surface area contributed by atoms with E-state index in [0.29, 0.717) is 5.92 Å². The van der Waals surface area contributed by atoms with Crippen molar-refractivity contribution in [3.8, 4) is 6.07 Å². The molecule has 3 unspecified atom stereocenters. The van der Waals surface area contributed by atoms with Gasteiger partial charge in [-0.15, -0.1) is 0 Å². The maximum atomic E-state index is 11.8. The standard InChI is InChI=1S/C11H16N2O2/c1-11(2,3)15-10(14)13-8(6-12)4-7-5-9(7)13/h7-9H,4-5H2,1-3H3. The molecule has 0 aromatic rings. The van der Waals surface area contributed by atoms with Crippen LogP contribution in [0.5, 0.6) is 0 Å². The average Bonchev–Trinajstić information content (AvgIpc) is 2.73. The molecule has 1 amide bonds. The Kier molecular flexibility index (Phi) is 2.14. The molecule has 1 aliphatic heterocycles. The number of fused-ring (bicyclic) bond motifs is 1. The quantitative estimate of drug-likeness (QED) is 0.611. The number of carbonyl (C=O) groups excluding carboxylic acids is 1. The third-order valence-corrected chi connectivity index (χ3v) is 2.86. The van der Waals surface area contributed by atoms with Gasteiger partial charge in [0.2, 0.25) is 0 Å². The van der Waals surface area contributed by atoms with Crippen molar-refractivity contribution >= 4 is 6.09 Å². The zero-order valence-electron chi connectivity index (χ0n) is 9.36. The van der Waals surface area contributed by atoms with E-state index in [9.17, 15) is 4.79 Å². The maximum Gasteiger partial charge on any atom is 0.411 e. The summed E-state index contributed by atoms with van der Waals surface area (Å²) in [5, 5.41) is 8.92. The summed E-state index contributed by atoms with van der Waals surface area (Å²) in [6.07, 6.45) is 1.52. The van der Waals surface area contributed by atoms with Crippen LogP contribution >= 0.6 is 0 Å². The molecular weight excluding hydrogens is 192 g/mol. The van der Waals surface area contributed by atoms with E-state index >= 15 is 0 Å². The van der Waals surface area contributed by atoms with E-state index in [1.165, 1.54) is 0 Å². The summed E-state index contributed by atoms with van der Waals surface area (Å²) in [6, 6.07) is 2.16. The molecular formula is C11H16N2O2. The number of nitriles is 1. The Labute approximate surface area is 89.8 Å². The molecule has 2 rings (SSSR count). The highest BCUT2D eigenvalue weighted by atomic mass is 16.6. The first-order valence-corrected chi connectivity index (χ1v) is 5.33. The number of likely N-dealkylation sites (tertiary alicyclic amines) is 1. The molecule has 15 heavy (non-hydrogen) atoms. The number of nitrogens with zero attached hydrogens (tertiary/aromatic N) is 2. The molecule has 1 aliphatic carbocycles. The summed E-state index contributed by atoms with van der Waals surface area (Å²) in [5.74, 6) is 0.544. The number of carbonyl (C=O) groups is 1. The number of hydrogen-bond donors (Lipinski definition) is 0. The Bertz CT molecular complexity index is 326. The van der Waals surface area contributed by atoms with E-state index < -0.39 is 5.60 Å². The van der Waals surface area contributed by atoms with Gasteiger partial charge in [0, 0.05) is 6.04 Å². The molecule has 4 nitrogen and oxygen atoms in total. The van der Waals surface area contributed by atoms with Crippen LogP contribution in [0.1, 0.15) is 33.6 Å². The fourth-order valence-electron chi connectivity index (χ4n) is 2.15. The molecule has 82 valence electrons. The van der Waals surface area contributed by atoms with Crippen LogP contribution in [0, 0.1) is 17.2 Å². The topological polar surface area (TPSA) is 53.3 Å². The minimum Gasteiger partial charge on any atom is -0.444 e. The SMILES string of the molecule is CC(C)(C)OC(=O)N1C(C#N)CC2CC21. The lowest BCUT2D eigenvalue weighted by molar-refractivity contribution is 0.0223. The molecule has 0 aromatic carbocycles. The number of ether oxygens (including phenoxy) is 1. The molecule has 0 N–H and O–H groups in total. The van der Waals surface area contributed by atoms with Gasteiger partial charge in [-0.05, 0) is 39.5 Å². The molecule has 2 fully saturated rings. The van der Waals surface area contributed by atoms with E-state index in [1.54, 1.807) is 4.90 Å². The fraction of sp³-hybridized carbons (Fsp3) is 0.818. The number of piperidine rings is 1. The Hall–Kier alpha value is -1.24. The second kappa shape index (κ2) is 3.13. The molecule has 0 spiro atoms. The van der Waals surface area contributed by atoms with Crippen molar-refractivity contribution in [1.82, 2.24) is 4.90 Å². The summed E-state index contributed by atoms with van der Waals surface area (Å²) in [6.45, 7) is 5.52. The van der Waals surface area contributed by atoms with Crippen molar-refractivity contribution in [1.29, 1.82) is 5.26 Å². The first-order chi connectivity index (χ1) is 6.92. The zero-order chi connectivity index (χ0) is 11.2. The van der Waals surface area contributed by atoms with Crippen LogP contribution < -0.4 is 0 Å². The van der Waals surface area contributed by atoms with Crippen LogP contribution in [-0.2, 0) is 4.74 Å². The van der Waals surface area contributed by atoms with Gasteiger partial charge in [-0.25, -0.2) is 4.79 Å². The van der Waals surface area contributed by atoms with Crippen molar-refractivity contribution < 1.29 is 9.53 Å². The summed E-state index contributed by atoms with van der Waals surface area (Å²) < 4.78 is 5.29. The lowest BCUT2D eigenvalue weighted by atomic mass is 10.2. The van der Waals surface area contributed by atoms with Crippen molar-refractivity contribution in [3.63, 3.8) is 0 Å². The van der Waals surface area contributed by atoms with E-state index in [0.717, 1.165) is 12.8 Å². The summed E-state index contributed by atoms with van der Waals surface area (Å²) >= 11 is 0.